The summed E-state index contributed by atoms with van der Waals surface area (Å²) in [6.07, 6.45) is 2.18. The van der Waals surface area contributed by atoms with Crippen molar-refractivity contribution in [3.63, 3.8) is 0 Å². The molecule has 4 rings (SSSR count). The number of amides is 1. The van der Waals surface area contributed by atoms with Crippen LogP contribution < -0.4 is 5.32 Å². The van der Waals surface area contributed by atoms with Crippen molar-refractivity contribution < 1.29 is 9.32 Å². The van der Waals surface area contributed by atoms with Crippen LogP contribution in [-0.2, 0) is 6.54 Å². The number of pyridine rings is 1. The minimum absolute atomic E-state index is 0.202. The van der Waals surface area contributed by atoms with Gasteiger partial charge in [0.25, 0.3) is 11.6 Å². The normalized spacial score (nSPS) is 14.0. The molecule has 1 aliphatic rings. The van der Waals surface area contributed by atoms with Gasteiger partial charge in [0.15, 0.2) is 0 Å². The van der Waals surface area contributed by atoms with Crippen molar-refractivity contribution in [2.75, 3.05) is 0 Å². The highest BCUT2D eigenvalue weighted by atomic mass is 35.5. The molecule has 0 saturated heterocycles. The zero-order chi connectivity index (χ0) is 17.6. The van der Waals surface area contributed by atoms with Crippen molar-refractivity contribution in [1.29, 1.82) is 0 Å². The summed E-state index contributed by atoms with van der Waals surface area (Å²) in [4.78, 5) is 17.3. The van der Waals surface area contributed by atoms with Crippen LogP contribution in [0, 0.1) is 6.92 Å². The number of benzene rings is 1. The third kappa shape index (κ3) is 3.22. The molecule has 0 atom stereocenters. The lowest BCUT2D eigenvalue weighted by atomic mass is 10.1. The van der Waals surface area contributed by atoms with Crippen LogP contribution in [0.15, 0.2) is 28.8 Å². The van der Waals surface area contributed by atoms with Crippen molar-refractivity contribution in [3.05, 3.63) is 56.8 Å². The van der Waals surface area contributed by atoms with Gasteiger partial charge in [0.05, 0.1) is 16.6 Å². The minimum Gasteiger partial charge on any atom is -0.348 e. The fraction of sp³-hybridized carbons (Fsp3) is 0.278. The van der Waals surface area contributed by atoms with E-state index in [1.165, 1.54) is 0 Å². The summed E-state index contributed by atoms with van der Waals surface area (Å²) in [6.45, 7) is 2.11. The van der Waals surface area contributed by atoms with Gasteiger partial charge in [-0.2, -0.15) is 0 Å². The van der Waals surface area contributed by atoms with Gasteiger partial charge in [-0.25, -0.2) is 4.98 Å². The Morgan fingerprint density at radius 2 is 2.12 bits per heavy atom. The minimum atomic E-state index is -0.202. The molecule has 1 N–H and O–H groups in total. The Kier molecular flexibility index (Phi) is 4.13. The molecule has 2 heterocycles. The highest BCUT2D eigenvalue weighted by molar-refractivity contribution is 6.35. The SMILES string of the molecule is Cc1noc2nc(C3CC3)cc(C(=O)NCc3ccc(Cl)cc3Cl)c12. The standard InChI is InChI=1S/C18H15Cl2N3O2/c1-9-16-13(7-15(10-2-3-10)22-18(16)25-23-9)17(24)21-8-11-4-5-12(19)6-14(11)20/h4-7,10H,2-3,8H2,1H3,(H,21,24). The van der Waals surface area contributed by atoms with Crippen molar-refractivity contribution in [2.24, 2.45) is 0 Å². The third-order valence-corrected chi connectivity index (χ3v) is 4.92. The van der Waals surface area contributed by atoms with Crippen LogP contribution in [0.5, 0.6) is 0 Å². The second kappa shape index (κ2) is 6.32. The van der Waals surface area contributed by atoms with Crippen LogP contribution in [0.4, 0.5) is 0 Å². The highest BCUT2D eigenvalue weighted by Gasteiger charge is 2.28. The quantitative estimate of drug-likeness (QED) is 0.720. The first kappa shape index (κ1) is 16.4. The second-order valence-electron chi connectivity index (χ2n) is 6.24. The zero-order valence-electron chi connectivity index (χ0n) is 13.5. The second-order valence-corrected chi connectivity index (χ2v) is 7.08. The first-order valence-electron chi connectivity index (χ1n) is 8.02. The van der Waals surface area contributed by atoms with Gasteiger partial charge in [-0.05, 0) is 43.5 Å². The summed E-state index contributed by atoms with van der Waals surface area (Å²) in [5.74, 6) is 0.207. The summed E-state index contributed by atoms with van der Waals surface area (Å²) in [6, 6.07) is 7.05. The Morgan fingerprint density at radius 3 is 2.84 bits per heavy atom. The number of carbonyl (C=O) groups is 1. The number of hydrogen-bond donors (Lipinski definition) is 1. The molecule has 1 saturated carbocycles. The van der Waals surface area contributed by atoms with E-state index >= 15 is 0 Å². The molecule has 25 heavy (non-hydrogen) atoms. The van der Waals surface area contributed by atoms with Gasteiger partial charge < -0.3 is 9.84 Å². The Bertz CT molecular complexity index is 980. The average Bonchev–Trinajstić information content (AvgIpc) is 3.37. The van der Waals surface area contributed by atoms with E-state index < -0.39 is 0 Å². The summed E-state index contributed by atoms with van der Waals surface area (Å²) in [5, 5.41) is 8.59. The maximum absolute atomic E-state index is 12.8. The van der Waals surface area contributed by atoms with Gasteiger partial charge in [-0.15, -0.1) is 0 Å². The predicted molar refractivity (Wildman–Crippen MR) is 96.1 cm³/mol. The molecular formula is C18H15Cl2N3O2. The Labute approximate surface area is 154 Å². The number of rotatable bonds is 4. The lowest BCUT2D eigenvalue weighted by molar-refractivity contribution is 0.0952. The Morgan fingerprint density at radius 1 is 1.32 bits per heavy atom. The van der Waals surface area contributed by atoms with Crippen molar-refractivity contribution in [2.45, 2.75) is 32.2 Å². The lowest BCUT2D eigenvalue weighted by Crippen LogP contribution is -2.23. The molecule has 1 fully saturated rings. The van der Waals surface area contributed by atoms with Crippen LogP contribution in [0.3, 0.4) is 0 Å². The summed E-state index contributed by atoms with van der Waals surface area (Å²) < 4.78 is 5.28. The van der Waals surface area contributed by atoms with E-state index in [4.69, 9.17) is 27.7 Å². The van der Waals surface area contributed by atoms with Crippen molar-refractivity contribution >= 4 is 40.2 Å². The van der Waals surface area contributed by atoms with Gasteiger partial charge in [-0.3, -0.25) is 4.79 Å². The first-order valence-corrected chi connectivity index (χ1v) is 8.77. The number of carbonyl (C=O) groups excluding carboxylic acids is 1. The monoisotopic (exact) mass is 375 g/mol. The molecule has 0 spiro atoms. The van der Waals surface area contributed by atoms with E-state index in [-0.39, 0.29) is 5.91 Å². The largest absolute Gasteiger partial charge is 0.348 e. The van der Waals surface area contributed by atoms with Crippen LogP contribution in [0.25, 0.3) is 11.1 Å². The molecule has 7 heteroatoms. The maximum atomic E-state index is 12.8. The molecular weight excluding hydrogens is 361 g/mol. The van der Waals surface area contributed by atoms with E-state index in [1.807, 2.05) is 6.07 Å². The summed E-state index contributed by atoms with van der Waals surface area (Å²) in [5.41, 5.74) is 3.29. The zero-order valence-corrected chi connectivity index (χ0v) is 15.0. The Balaban J connectivity index is 1.63. The van der Waals surface area contributed by atoms with E-state index in [9.17, 15) is 4.79 Å². The number of nitrogens with one attached hydrogen (secondary N) is 1. The molecule has 128 valence electrons. The molecule has 1 aromatic carbocycles. The van der Waals surface area contributed by atoms with E-state index in [0.29, 0.717) is 44.9 Å². The molecule has 0 unspecified atom stereocenters. The molecule has 1 amide bonds. The van der Waals surface area contributed by atoms with Gasteiger partial charge in [-0.1, -0.05) is 34.4 Å². The molecule has 0 radical (unpaired) electrons. The number of nitrogens with zero attached hydrogens (tertiary/aromatic N) is 2. The molecule has 0 aliphatic heterocycles. The Hall–Kier alpha value is -2.11. The predicted octanol–water partition coefficient (Wildman–Crippen LogP) is 4.65. The summed E-state index contributed by atoms with van der Waals surface area (Å²) >= 11 is 12.1. The summed E-state index contributed by atoms with van der Waals surface area (Å²) in [7, 11) is 0. The highest BCUT2D eigenvalue weighted by Crippen LogP contribution is 2.40. The van der Waals surface area contributed by atoms with Crippen molar-refractivity contribution in [3.8, 4) is 0 Å². The number of aromatic nitrogens is 2. The molecule has 1 aliphatic carbocycles. The van der Waals surface area contributed by atoms with Crippen LogP contribution in [-0.4, -0.2) is 16.0 Å². The number of hydrogen-bond acceptors (Lipinski definition) is 4. The number of aryl methyl sites for hydroxylation is 1. The van der Waals surface area contributed by atoms with Gasteiger partial charge in [0, 0.05) is 28.2 Å². The van der Waals surface area contributed by atoms with Gasteiger partial charge in [0.1, 0.15) is 0 Å². The maximum Gasteiger partial charge on any atom is 0.259 e. The number of fused-ring (bicyclic) bond motifs is 1. The average molecular weight is 376 g/mol. The van der Waals surface area contributed by atoms with E-state index in [0.717, 1.165) is 24.1 Å². The smallest absolute Gasteiger partial charge is 0.259 e. The fourth-order valence-electron chi connectivity index (χ4n) is 2.82. The van der Waals surface area contributed by atoms with Crippen LogP contribution in [0.1, 0.15) is 46.1 Å². The molecule has 2 aromatic heterocycles. The third-order valence-electron chi connectivity index (χ3n) is 4.33. The van der Waals surface area contributed by atoms with Crippen molar-refractivity contribution in [1.82, 2.24) is 15.5 Å². The van der Waals surface area contributed by atoms with E-state index in [2.05, 4.69) is 15.5 Å². The molecule has 3 aromatic rings. The van der Waals surface area contributed by atoms with E-state index in [1.54, 1.807) is 25.1 Å². The first-order chi connectivity index (χ1) is 12.0. The van der Waals surface area contributed by atoms with Gasteiger partial charge in [0.2, 0.25) is 0 Å². The van der Waals surface area contributed by atoms with Crippen LogP contribution in [0.2, 0.25) is 10.0 Å². The topological polar surface area (TPSA) is 68.0 Å². The molecule has 5 nitrogen and oxygen atoms in total. The fourth-order valence-corrected chi connectivity index (χ4v) is 3.29. The van der Waals surface area contributed by atoms with Crippen LogP contribution >= 0.6 is 23.2 Å². The van der Waals surface area contributed by atoms with Gasteiger partial charge >= 0.3 is 0 Å². The number of halogens is 2. The lowest BCUT2D eigenvalue weighted by Gasteiger charge is -2.09. The molecule has 0 bridgehead atoms.